The van der Waals surface area contributed by atoms with Crippen molar-refractivity contribution in [2.24, 2.45) is 0 Å². The van der Waals surface area contributed by atoms with Crippen molar-refractivity contribution >= 4 is 33.5 Å². The maximum atomic E-state index is 11.1. The van der Waals surface area contributed by atoms with Gasteiger partial charge >= 0.3 is 5.97 Å². The van der Waals surface area contributed by atoms with Crippen molar-refractivity contribution < 1.29 is 9.90 Å². The molecule has 0 heterocycles. The lowest BCUT2D eigenvalue weighted by Crippen LogP contribution is -1.98. The second-order valence-corrected chi connectivity index (χ2v) is 4.86. The van der Waals surface area contributed by atoms with E-state index in [0.717, 1.165) is 10.0 Å². The lowest BCUT2D eigenvalue weighted by atomic mass is 10.00. The SMILES string of the molecule is O=C(O)c1ccccc1-c1cc(Cl)cc(Br)c1. The van der Waals surface area contributed by atoms with Gasteiger partial charge in [0.2, 0.25) is 0 Å². The Morgan fingerprint density at radius 1 is 1.18 bits per heavy atom. The van der Waals surface area contributed by atoms with Gasteiger partial charge in [-0.15, -0.1) is 0 Å². The van der Waals surface area contributed by atoms with E-state index >= 15 is 0 Å². The molecule has 0 aromatic heterocycles. The summed E-state index contributed by atoms with van der Waals surface area (Å²) in [4.78, 5) is 11.1. The summed E-state index contributed by atoms with van der Waals surface area (Å²) in [7, 11) is 0. The van der Waals surface area contributed by atoms with E-state index < -0.39 is 5.97 Å². The monoisotopic (exact) mass is 310 g/mol. The summed E-state index contributed by atoms with van der Waals surface area (Å²) in [5.41, 5.74) is 1.70. The highest BCUT2D eigenvalue weighted by Crippen LogP contribution is 2.29. The van der Waals surface area contributed by atoms with E-state index in [0.29, 0.717) is 10.6 Å². The standard InChI is InChI=1S/C13H8BrClO2/c14-9-5-8(6-10(15)7-9)11-3-1-2-4-12(11)13(16)17/h1-7H,(H,16,17). The fourth-order valence-corrected chi connectivity index (χ4v) is 2.49. The summed E-state index contributed by atoms with van der Waals surface area (Å²) in [6, 6.07) is 12.2. The maximum Gasteiger partial charge on any atom is 0.336 e. The normalized spacial score (nSPS) is 10.2. The van der Waals surface area contributed by atoms with E-state index in [1.807, 2.05) is 6.07 Å². The lowest BCUT2D eigenvalue weighted by molar-refractivity contribution is 0.0698. The van der Waals surface area contributed by atoms with Crippen molar-refractivity contribution in [3.8, 4) is 11.1 Å². The van der Waals surface area contributed by atoms with Crippen LogP contribution in [0.4, 0.5) is 0 Å². The van der Waals surface area contributed by atoms with Crippen LogP contribution in [0, 0.1) is 0 Å². The van der Waals surface area contributed by atoms with Crippen molar-refractivity contribution in [2.75, 3.05) is 0 Å². The molecule has 2 aromatic rings. The molecular weight excluding hydrogens is 303 g/mol. The van der Waals surface area contributed by atoms with Gasteiger partial charge in [-0.3, -0.25) is 0 Å². The molecule has 0 saturated carbocycles. The number of rotatable bonds is 2. The lowest BCUT2D eigenvalue weighted by Gasteiger charge is -2.07. The van der Waals surface area contributed by atoms with Gasteiger partial charge < -0.3 is 5.11 Å². The Hall–Kier alpha value is -1.32. The van der Waals surface area contributed by atoms with Crippen LogP contribution in [0.25, 0.3) is 11.1 Å². The van der Waals surface area contributed by atoms with Gasteiger partial charge in [-0.2, -0.15) is 0 Å². The van der Waals surface area contributed by atoms with E-state index in [-0.39, 0.29) is 5.56 Å². The van der Waals surface area contributed by atoms with E-state index in [9.17, 15) is 4.79 Å². The summed E-state index contributed by atoms with van der Waals surface area (Å²) in [6.07, 6.45) is 0. The second-order valence-electron chi connectivity index (χ2n) is 3.51. The molecule has 0 saturated heterocycles. The zero-order valence-corrected chi connectivity index (χ0v) is 11.0. The predicted octanol–water partition coefficient (Wildman–Crippen LogP) is 4.47. The van der Waals surface area contributed by atoms with Gasteiger partial charge in [0.25, 0.3) is 0 Å². The Balaban J connectivity index is 2.64. The van der Waals surface area contributed by atoms with Crippen LogP contribution in [0.3, 0.4) is 0 Å². The smallest absolute Gasteiger partial charge is 0.336 e. The first-order chi connectivity index (χ1) is 8.08. The molecule has 0 fully saturated rings. The maximum absolute atomic E-state index is 11.1. The summed E-state index contributed by atoms with van der Waals surface area (Å²) < 4.78 is 0.820. The number of hydrogen-bond donors (Lipinski definition) is 1. The van der Waals surface area contributed by atoms with Crippen LogP contribution in [0.15, 0.2) is 46.9 Å². The van der Waals surface area contributed by atoms with Crippen LogP contribution in [0.2, 0.25) is 5.02 Å². The van der Waals surface area contributed by atoms with Crippen LogP contribution < -0.4 is 0 Å². The number of aromatic carboxylic acids is 1. The van der Waals surface area contributed by atoms with E-state index in [1.165, 1.54) is 0 Å². The fourth-order valence-electron chi connectivity index (χ4n) is 1.63. The zero-order valence-electron chi connectivity index (χ0n) is 8.65. The zero-order chi connectivity index (χ0) is 12.4. The van der Waals surface area contributed by atoms with Gasteiger partial charge in [0.1, 0.15) is 0 Å². The Morgan fingerprint density at radius 2 is 1.88 bits per heavy atom. The molecule has 0 atom stereocenters. The quantitative estimate of drug-likeness (QED) is 0.888. The molecule has 4 heteroatoms. The molecule has 2 rings (SSSR count). The number of benzene rings is 2. The first-order valence-electron chi connectivity index (χ1n) is 4.87. The number of hydrogen-bond acceptors (Lipinski definition) is 1. The summed E-state index contributed by atoms with van der Waals surface area (Å²) in [5, 5.41) is 9.69. The molecule has 0 radical (unpaired) electrons. The Morgan fingerprint density at radius 3 is 2.53 bits per heavy atom. The third-order valence-corrected chi connectivity index (χ3v) is 3.01. The Bertz CT molecular complexity index is 561. The van der Waals surface area contributed by atoms with Gasteiger partial charge in [0, 0.05) is 9.50 Å². The minimum absolute atomic E-state index is 0.265. The summed E-state index contributed by atoms with van der Waals surface area (Å²) >= 11 is 9.29. The highest BCUT2D eigenvalue weighted by Gasteiger charge is 2.11. The van der Waals surface area contributed by atoms with Gasteiger partial charge in [-0.1, -0.05) is 45.7 Å². The van der Waals surface area contributed by atoms with Crippen molar-refractivity contribution in [3.05, 3.63) is 57.5 Å². The third kappa shape index (κ3) is 2.68. The van der Waals surface area contributed by atoms with Crippen LogP contribution >= 0.6 is 27.5 Å². The molecule has 0 aliphatic heterocycles. The minimum Gasteiger partial charge on any atom is -0.478 e. The van der Waals surface area contributed by atoms with Crippen LogP contribution in [-0.2, 0) is 0 Å². The minimum atomic E-state index is -0.948. The molecule has 0 amide bonds. The molecular formula is C13H8BrClO2. The molecule has 86 valence electrons. The second kappa shape index (κ2) is 4.90. The van der Waals surface area contributed by atoms with Crippen molar-refractivity contribution in [1.82, 2.24) is 0 Å². The fraction of sp³-hybridized carbons (Fsp3) is 0. The highest BCUT2D eigenvalue weighted by molar-refractivity contribution is 9.10. The largest absolute Gasteiger partial charge is 0.478 e. The van der Waals surface area contributed by atoms with E-state index in [2.05, 4.69) is 15.9 Å². The number of carboxylic acid groups (broad SMARTS) is 1. The summed E-state index contributed by atoms with van der Waals surface area (Å²) in [5.74, 6) is -0.948. The van der Waals surface area contributed by atoms with Crippen LogP contribution in [0.1, 0.15) is 10.4 Å². The molecule has 17 heavy (non-hydrogen) atoms. The Kier molecular flexibility index (Phi) is 3.50. The van der Waals surface area contributed by atoms with Crippen LogP contribution in [-0.4, -0.2) is 11.1 Å². The van der Waals surface area contributed by atoms with Crippen molar-refractivity contribution in [2.45, 2.75) is 0 Å². The molecule has 0 bridgehead atoms. The predicted molar refractivity (Wildman–Crippen MR) is 71.5 cm³/mol. The molecule has 0 spiro atoms. The molecule has 1 N–H and O–H groups in total. The molecule has 2 aromatic carbocycles. The van der Waals surface area contributed by atoms with E-state index in [4.69, 9.17) is 16.7 Å². The number of carbonyl (C=O) groups is 1. The molecule has 0 aliphatic carbocycles. The number of carboxylic acids is 1. The van der Waals surface area contributed by atoms with E-state index in [1.54, 1.807) is 36.4 Å². The highest BCUT2D eigenvalue weighted by atomic mass is 79.9. The average molecular weight is 312 g/mol. The first kappa shape index (κ1) is 12.1. The van der Waals surface area contributed by atoms with Crippen molar-refractivity contribution in [1.29, 1.82) is 0 Å². The third-order valence-electron chi connectivity index (χ3n) is 2.33. The van der Waals surface area contributed by atoms with Gasteiger partial charge in [-0.25, -0.2) is 4.79 Å². The summed E-state index contributed by atoms with van der Waals surface area (Å²) in [6.45, 7) is 0. The van der Waals surface area contributed by atoms with Crippen LogP contribution in [0.5, 0.6) is 0 Å². The number of halogens is 2. The topological polar surface area (TPSA) is 37.3 Å². The molecule has 2 nitrogen and oxygen atoms in total. The molecule has 0 aliphatic rings. The average Bonchev–Trinajstić information content (AvgIpc) is 2.27. The van der Waals surface area contributed by atoms with Crippen molar-refractivity contribution in [3.63, 3.8) is 0 Å². The Labute approximate surface area is 112 Å². The molecule has 0 unspecified atom stereocenters. The van der Waals surface area contributed by atoms with Gasteiger partial charge in [0.15, 0.2) is 0 Å². The van der Waals surface area contributed by atoms with Gasteiger partial charge in [-0.05, 0) is 35.4 Å². The first-order valence-corrected chi connectivity index (χ1v) is 6.04. The van der Waals surface area contributed by atoms with Gasteiger partial charge in [0.05, 0.1) is 5.56 Å².